The van der Waals surface area contributed by atoms with Gasteiger partial charge in [-0.1, -0.05) is 0 Å². The third-order valence-electron chi connectivity index (χ3n) is 6.51. The highest BCUT2D eigenvalue weighted by molar-refractivity contribution is 5.88. The number of halogens is 3. The third kappa shape index (κ3) is 6.93. The number of alkyl halides is 3. The number of piperazine rings is 1. The molecule has 2 aliphatic heterocycles. The molecule has 1 N–H and O–H groups in total. The maximum atomic E-state index is 13.9. The summed E-state index contributed by atoms with van der Waals surface area (Å²) in [5.74, 6) is 0.758. The van der Waals surface area contributed by atoms with Crippen molar-refractivity contribution in [1.82, 2.24) is 34.4 Å². The van der Waals surface area contributed by atoms with Crippen LogP contribution in [0.25, 0.3) is 22.6 Å². The molecule has 0 radical (unpaired) electrons. The van der Waals surface area contributed by atoms with Crippen molar-refractivity contribution in [3.05, 3.63) is 12.4 Å². The van der Waals surface area contributed by atoms with Crippen LogP contribution >= 0.6 is 0 Å². The number of rotatable bonds is 5. The maximum Gasteiger partial charge on any atom is 0.414 e. The average molecular weight is 579 g/mol. The Morgan fingerprint density at radius 3 is 2.24 bits per heavy atom. The molecule has 0 bridgehead atoms. The molecule has 41 heavy (non-hydrogen) atoms. The molecule has 5 rings (SSSR count). The van der Waals surface area contributed by atoms with Crippen LogP contribution in [0.1, 0.15) is 20.8 Å². The van der Waals surface area contributed by atoms with Gasteiger partial charge in [0, 0.05) is 51.7 Å². The van der Waals surface area contributed by atoms with Crippen LogP contribution in [0.3, 0.4) is 0 Å². The van der Waals surface area contributed by atoms with Crippen molar-refractivity contribution in [2.45, 2.75) is 39.1 Å². The van der Waals surface area contributed by atoms with Crippen molar-refractivity contribution < 1.29 is 27.4 Å². The number of ether oxygens (including phenoxy) is 2. The fraction of sp³-hybridized carbons (Fsp3) is 0.600. The van der Waals surface area contributed by atoms with Gasteiger partial charge in [-0.3, -0.25) is 9.88 Å². The summed E-state index contributed by atoms with van der Waals surface area (Å²) in [6.45, 7) is 8.29. The van der Waals surface area contributed by atoms with Gasteiger partial charge in [-0.2, -0.15) is 13.2 Å². The Kier molecular flexibility index (Phi) is 7.87. The molecule has 0 aromatic carbocycles. The van der Waals surface area contributed by atoms with Crippen LogP contribution in [-0.4, -0.2) is 112 Å². The topological polar surface area (TPSA) is 127 Å². The standard InChI is InChI=1S/C25H33F3N10O3/c1-24(2,3)41-23(39)34-21-29-13-16(14-30-21)18-32-19(36-9-11-40-12-10-36)17-20(33-18)38(15-25(26,27)28)22(31-17)37-7-5-35(4)6-8-37/h13-14H,5-12,15H2,1-4H3,(H,29,30,34,39). The zero-order valence-corrected chi connectivity index (χ0v) is 23.4. The second kappa shape index (κ2) is 11.2. The van der Waals surface area contributed by atoms with E-state index in [4.69, 9.17) is 19.4 Å². The number of aromatic nitrogens is 6. The number of fused-ring (bicyclic) bond motifs is 1. The van der Waals surface area contributed by atoms with E-state index in [1.807, 2.05) is 16.8 Å². The number of morpholine rings is 1. The lowest BCUT2D eigenvalue weighted by Gasteiger charge is -2.33. The minimum Gasteiger partial charge on any atom is -0.444 e. The maximum absolute atomic E-state index is 13.9. The predicted molar refractivity (Wildman–Crippen MR) is 145 cm³/mol. The number of imidazole rings is 1. The Morgan fingerprint density at radius 1 is 0.976 bits per heavy atom. The molecule has 2 fully saturated rings. The molecular weight excluding hydrogens is 545 g/mol. The third-order valence-corrected chi connectivity index (χ3v) is 6.51. The van der Waals surface area contributed by atoms with Gasteiger partial charge in [0.15, 0.2) is 22.8 Å². The van der Waals surface area contributed by atoms with Crippen LogP contribution in [-0.2, 0) is 16.0 Å². The van der Waals surface area contributed by atoms with Crippen LogP contribution in [0.5, 0.6) is 0 Å². The summed E-state index contributed by atoms with van der Waals surface area (Å²) in [6.07, 6.45) is -2.42. The van der Waals surface area contributed by atoms with Gasteiger partial charge < -0.3 is 24.2 Å². The van der Waals surface area contributed by atoms with E-state index in [2.05, 4.69) is 25.2 Å². The second-order valence-electron chi connectivity index (χ2n) is 11.0. The number of anilines is 3. The Labute approximate surface area is 234 Å². The molecule has 2 aliphatic rings. The Hall–Kier alpha value is -3.79. The summed E-state index contributed by atoms with van der Waals surface area (Å²) in [5, 5.41) is 2.45. The largest absolute Gasteiger partial charge is 0.444 e. The lowest BCUT2D eigenvalue weighted by molar-refractivity contribution is -0.139. The highest BCUT2D eigenvalue weighted by Crippen LogP contribution is 2.33. The van der Waals surface area contributed by atoms with Crippen molar-refractivity contribution in [3.8, 4) is 11.4 Å². The fourth-order valence-electron chi connectivity index (χ4n) is 4.58. The van der Waals surface area contributed by atoms with E-state index in [9.17, 15) is 18.0 Å². The first-order chi connectivity index (χ1) is 19.4. The minimum atomic E-state index is -4.50. The van der Waals surface area contributed by atoms with Crippen molar-refractivity contribution in [2.24, 2.45) is 0 Å². The number of hydrogen-bond donors (Lipinski definition) is 1. The van der Waals surface area contributed by atoms with E-state index in [1.54, 1.807) is 20.8 Å². The monoisotopic (exact) mass is 578 g/mol. The fourth-order valence-corrected chi connectivity index (χ4v) is 4.58. The van der Waals surface area contributed by atoms with E-state index in [0.717, 1.165) is 4.57 Å². The number of nitrogens with one attached hydrogen (secondary N) is 1. The number of amides is 1. The molecule has 2 saturated heterocycles. The molecule has 222 valence electrons. The number of likely N-dealkylation sites (N-methyl/N-ethyl adjacent to an activating group) is 1. The molecule has 3 aromatic rings. The Morgan fingerprint density at radius 2 is 1.63 bits per heavy atom. The number of hydrogen-bond acceptors (Lipinski definition) is 11. The number of carbonyl (C=O) groups is 1. The molecule has 5 heterocycles. The van der Waals surface area contributed by atoms with Gasteiger partial charge in [0.2, 0.25) is 11.9 Å². The van der Waals surface area contributed by atoms with E-state index < -0.39 is 24.4 Å². The van der Waals surface area contributed by atoms with Crippen LogP contribution in [0.4, 0.5) is 35.7 Å². The highest BCUT2D eigenvalue weighted by atomic mass is 19.4. The van der Waals surface area contributed by atoms with Gasteiger partial charge in [-0.15, -0.1) is 0 Å². The van der Waals surface area contributed by atoms with Crippen molar-refractivity contribution >= 4 is 35.0 Å². The normalized spacial score (nSPS) is 17.2. The van der Waals surface area contributed by atoms with Crippen molar-refractivity contribution in [1.29, 1.82) is 0 Å². The van der Waals surface area contributed by atoms with Crippen molar-refractivity contribution in [3.63, 3.8) is 0 Å². The van der Waals surface area contributed by atoms with Gasteiger partial charge in [-0.05, 0) is 27.8 Å². The predicted octanol–water partition coefficient (Wildman–Crippen LogP) is 2.78. The molecule has 13 nitrogen and oxygen atoms in total. The first-order valence-corrected chi connectivity index (χ1v) is 13.3. The highest BCUT2D eigenvalue weighted by Gasteiger charge is 2.34. The Bertz CT molecular complexity index is 1380. The van der Waals surface area contributed by atoms with Crippen molar-refractivity contribution in [2.75, 3.05) is 74.6 Å². The lowest BCUT2D eigenvalue weighted by Crippen LogP contribution is -2.45. The van der Waals surface area contributed by atoms with E-state index >= 15 is 0 Å². The molecule has 0 unspecified atom stereocenters. The van der Waals surface area contributed by atoms with E-state index in [0.29, 0.717) is 63.9 Å². The van der Waals surface area contributed by atoms with Gasteiger partial charge in [0.1, 0.15) is 12.1 Å². The minimum absolute atomic E-state index is 0.00283. The lowest BCUT2D eigenvalue weighted by atomic mass is 10.2. The summed E-state index contributed by atoms with van der Waals surface area (Å²) in [6, 6.07) is 0. The van der Waals surface area contributed by atoms with Gasteiger partial charge in [0.05, 0.1) is 18.8 Å². The molecule has 0 saturated carbocycles. The van der Waals surface area contributed by atoms with E-state index in [1.165, 1.54) is 12.4 Å². The molecule has 0 atom stereocenters. The van der Waals surface area contributed by atoms with Crippen LogP contribution in [0, 0.1) is 0 Å². The van der Waals surface area contributed by atoms with Gasteiger partial charge >= 0.3 is 12.3 Å². The number of carbonyl (C=O) groups excluding carboxylic acids is 1. The average Bonchev–Trinajstić information content (AvgIpc) is 3.25. The van der Waals surface area contributed by atoms with Gasteiger partial charge in [-0.25, -0.2) is 29.7 Å². The smallest absolute Gasteiger partial charge is 0.414 e. The molecular formula is C25H33F3N10O3. The molecule has 1 amide bonds. The zero-order chi connectivity index (χ0) is 29.4. The van der Waals surface area contributed by atoms with Gasteiger partial charge in [0.25, 0.3) is 0 Å². The van der Waals surface area contributed by atoms with Crippen LogP contribution in [0.15, 0.2) is 12.4 Å². The summed E-state index contributed by atoms with van der Waals surface area (Å²) >= 11 is 0. The SMILES string of the molecule is CN1CCN(c2nc3c(N4CCOCC4)nc(-c4cnc(NC(=O)OC(C)(C)C)nc4)nc3n2CC(F)(F)F)CC1. The molecule has 3 aromatic heterocycles. The molecule has 16 heteroatoms. The number of nitrogens with zero attached hydrogens (tertiary/aromatic N) is 9. The second-order valence-corrected chi connectivity index (χ2v) is 11.0. The van der Waals surface area contributed by atoms with Crippen LogP contribution in [0.2, 0.25) is 0 Å². The summed E-state index contributed by atoms with van der Waals surface area (Å²) < 4.78 is 53.5. The first kappa shape index (κ1) is 28.7. The first-order valence-electron chi connectivity index (χ1n) is 13.3. The molecule has 0 aliphatic carbocycles. The Balaban J connectivity index is 1.57. The molecule has 0 spiro atoms. The summed E-state index contributed by atoms with van der Waals surface area (Å²) in [5.41, 5.74) is 0.0135. The zero-order valence-electron chi connectivity index (χ0n) is 23.4. The van der Waals surface area contributed by atoms with Crippen LogP contribution < -0.4 is 15.1 Å². The summed E-state index contributed by atoms with van der Waals surface area (Å²) in [4.78, 5) is 40.3. The summed E-state index contributed by atoms with van der Waals surface area (Å²) in [7, 11) is 1.97. The quantitative estimate of drug-likeness (QED) is 0.480. The van der Waals surface area contributed by atoms with E-state index in [-0.39, 0.29) is 28.9 Å².